The molecule has 0 bridgehead atoms. The van der Waals surface area contributed by atoms with Crippen molar-refractivity contribution in [3.63, 3.8) is 0 Å². The van der Waals surface area contributed by atoms with Crippen LogP contribution in [0.2, 0.25) is 0 Å². The maximum absolute atomic E-state index is 13.4. The van der Waals surface area contributed by atoms with Gasteiger partial charge in [0.1, 0.15) is 6.04 Å². The molecular formula is C28H35N3O4S. The third-order valence-electron chi connectivity index (χ3n) is 6.44. The van der Waals surface area contributed by atoms with Gasteiger partial charge in [-0.2, -0.15) is 4.31 Å². The lowest BCUT2D eigenvalue weighted by atomic mass is 10.1. The van der Waals surface area contributed by atoms with E-state index in [2.05, 4.69) is 5.32 Å². The lowest BCUT2D eigenvalue weighted by Crippen LogP contribution is -2.52. The largest absolute Gasteiger partial charge is 0.352 e. The van der Waals surface area contributed by atoms with E-state index in [0.717, 1.165) is 27.1 Å². The van der Waals surface area contributed by atoms with E-state index < -0.39 is 22.0 Å². The summed E-state index contributed by atoms with van der Waals surface area (Å²) >= 11 is 0. The maximum Gasteiger partial charge on any atom is 0.243 e. The Balaban J connectivity index is 1.79. The van der Waals surface area contributed by atoms with Crippen LogP contribution in [-0.4, -0.2) is 61.7 Å². The van der Waals surface area contributed by atoms with Gasteiger partial charge in [0.15, 0.2) is 0 Å². The van der Waals surface area contributed by atoms with Crippen molar-refractivity contribution in [3.8, 4) is 0 Å². The average molecular weight is 510 g/mol. The normalized spacial score (nSPS) is 13.4. The molecule has 0 aromatic heterocycles. The Kier molecular flexibility index (Phi) is 9.23. The molecule has 0 aliphatic carbocycles. The van der Waals surface area contributed by atoms with Gasteiger partial charge >= 0.3 is 0 Å². The molecule has 7 nitrogen and oxygen atoms in total. The fourth-order valence-corrected chi connectivity index (χ4v) is 5.07. The minimum absolute atomic E-state index is 0.0259. The minimum Gasteiger partial charge on any atom is -0.352 e. The van der Waals surface area contributed by atoms with Gasteiger partial charge in [-0.1, -0.05) is 67.6 Å². The van der Waals surface area contributed by atoms with Crippen LogP contribution in [0.5, 0.6) is 0 Å². The summed E-state index contributed by atoms with van der Waals surface area (Å²) in [6, 6.07) is 21.3. The van der Waals surface area contributed by atoms with E-state index in [1.165, 1.54) is 11.9 Å². The molecule has 0 unspecified atom stereocenters. The molecule has 0 spiro atoms. The zero-order valence-electron chi connectivity index (χ0n) is 21.3. The van der Waals surface area contributed by atoms with E-state index in [0.29, 0.717) is 13.0 Å². The van der Waals surface area contributed by atoms with Crippen molar-refractivity contribution in [3.05, 3.63) is 78.4 Å². The van der Waals surface area contributed by atoms with Crippen LogP contribution in [0, 0.1) is 0 Å². The SMILES string of the molecule is CC[C@@H](C)NC(=O)[C@@H](C)N(CCc1ccccc1)C(=O)CN(C)S(=O)(=O)c1ccc2ccccc2c1. The van der Waals surface area contributed by atoms with E-state index in [-0.39, 0.29) is 23.4 Å². The van der Waals surface area contributed by atoms with Gasteiger partial charge in [0, 0.05) is 19.6 Å². The van der Waals surface area contributed by atoms with Crippen LogP contribution in [0.25, 0.3) is 10.8 Å². The van der Waals surface area contributed by atoms with Crippen molar-refractivity contribution in [2.75, 3.05) is 20.1 Å². The predicted molar refractivity (Wildman–Crippen MR) is 143 cm³/mol. The van der Waals surface area contributed by atoms with Crippen molar-refractivity contribution in [1.29, 1.82) is 0 Å². The van der Waals surface area contributed by atoms with Gasteiger partial charge in [-0.05, 0) is 55.2 Å². The molecule has 0 fully saturated rings. The summed E-state index contributed by atoms with van der Waals surface area (Å²) < 4.78 is 27.6. The van der Waals surface area contributed by atoms with Crippen LogP contribution in [0.3, 0.4) is 0 Å². The number of nitrogens with one attached hydrogen (secondary N) is 1. The van der Waals surface area contributed by atoms with Gasteiger partial charge in [0.25, 0.3) is 0 Å². The molecule has 0 saturated heterocycles. The first-order valence-electron chi connectivity index (χ1n) is 12.2. The number of likely N-dealkylation sites (N-methyl/N-ethyl adjacent to an activating group) is 1. The molecule has 2 atom stereocenters. The molecule has 2 amide bonds. The van der Waals surface area contributed by atoms with Gasteiger partial charge in [0.2, 0.25) is 21.8 Å². The smallest absolute Gasteiger partial charge is 0.243 e. The average Bonchev–Trinajstić information content (AvgIpc) is 2.88. The number of benzene rings is 3. The Morgan fingerprint density at radius 3 is 2.22 bits per heavy atom. The predicted octanol–water partition coefficient (Wildman–Crippen LogP) is 3.83. The molecule has 192 valence electrons. The van der Waals surface area contributed by atoms with E-state index in [9.17, 15) is 18.0 Å². The number of nitrogens with zero attached hydrogens (tertiary/aromatic N) is 2. The summed E-state index contributed by atoms with van der Waals surface area (Å²) in [5, 5.41) is 4.66. The van der Waals surface area contributed by atoms with Crippen LogP contribution >= 0.6 is 0 Å². The van der Waals surface area contributed by atoms with Gasteiger partial charge < -0.3 is 10.2 Å². The fraction of sp³-hybridized carbons (Fsp3) is 0.357. The van der Waals surface area contributed by atoms with E-state index in [1.807, 2.05) is 68.4 Å². The second kappa shape index (κ2) is 12.1. The highest BCUT2D eigenvalue weighted by atomic mass is 32.2. The van der Waals surface area contributed by atoms with Crippen LogP contribution in [0.15, 0.2) is 77.7 Å². The van der Waals surface area contributed by atoms with Crippen LogP contribution < -0.4 is 5.32 Å². The first-order valence-corrected chi connectivity index (χ1v) is 13.7. The van der Waals surface area contributed by atoms with Crippen molar-refractivity contribution >= 4 is 32.6 Å². The van der Waals surface area contributed by atoms with E-state index in [1.54, 1.807) is 25.1 Å². The highest BCUT2D eigenvalue weighted by Crippen LogP contribution is 2.21. The summed E-state index contributed by atoms with van der Waals surface area (Å²) in [5.41, 5.74) is 1.03. The van der Waals surface area contributed by atoms with Crippen LogP contribution in [-0.2, 0) is 26.0 Å². The molecule has 36 heavy (non-hydrogen) atoms. The molecule has 8 heteroatoms. The number of amides is 2. The number of sulfonamides is 1. The Morgan fingerprint density at radius 2 is 1.56 bits per heavy atom. The topological polar surface area (TPSA) is 86.8 Å². The first kappa shape index (κ1) is 27.4. The van der Waals surface area contributed by atoms with Gasteiger partial charge in [-0.25, -0.2) is 8.42 Å². The van der Waals surface area contributed by atoms with Crippen molar-refractivity contribution in [2.24, 2.45) is 0 Å². The number of hydrogen-bond donors (Lipinski definition) is 1. The lowest BCUT2D eigenvalue weighted by molar-refractivity contribution is -0.140. The molecular weight excluding hydrogens is 474 g/mol. The number of rotatable bonds is 11. The monoisotopic (exact) mass is 509 g/mol. The first-order chi connectivity index (χ1) is 17.1. The van der Waals surface area contributed by atoms with Gasteiger partial charge in [-0.15, -0.1) is 0 Å². The molecule has 0 radical (unpaired) electrons. The third kappa shape index (κ3) is 6.71. The number of carbonyl (C=O) groups excluding carboxylic acids is 2. The quantitative estimate of drug-likeness (QED) is 0.426. The van der Waals surface area contributed by atoms with Crippen LogP contribution in [0.4, 0.5) is 0 Å². The Bertz CT molecular complexity index is 1290. The Morgan fingerprint density at radius 1 is 0.917 bits per heavy atom. The second-order valence-electron chi connectivity index (χ2n) is 9.09. The van der Waals surface area contributed by atoms with E-state index >= 15 is 0 Å². The minimum atomic E-state index is -3.91. The molecule has 0 aliphatic heterocycles. The third-order valence-corrected chi connectivity index (χ3v) is 8.24. The standard InChI is InChI=1S/C28H35N3O4S/c1-5-21(2)29-28(33)22(3)31(18-17-23-11-7-6-8-12-23)27(32)20-30(4)36(34,35)26-16-15-24-13-9-10-14-25(24)19-26/h6-16,19,21-22H,5,17-18,20H2,1-4H3,(H,29,33)/t21-,22-/m1/s1. The molecule has 3 rings (SSSR count). The zero-order valence-corrected chi connectivity index (χ0v) is 22.2. The van der Waals surface area contributed by atoms with Gasteiger partial charge in [0.05, 0.1) is 11.4 Å². The number of hydrogen-bond acceptors (Lipinski definition) is 4. The summed E-state index contributed by atoms with van der Waals surface area (Å²) in [6.45, 7) is 5.48. The summed E-state index contributed by atoms with van der Waals surface area (Å²) in [5.74, 6) is -0.685. The molecule has 0 heterocycles. The van der Waals surface area contributed by atoms with Crippen molar-refractivity contribution < 1.29 is 18.0 Å². The number of fused-ring (bicyclic) bond motifs is 1. The molecule has 3 aromatic rings. The summed E-state index contributed by atoms with van der Waals surface area (Å²) in [6.07, 6.45) is 1.32. The molecule has 3 aromatic carbocycles. The summed E-state index contributed by atoms with van der Waals surface area (Å²) in [7, 11) is -2.52. The molecule has 0 saturated carbocycles. The Hall–Kier alpha value is -3.23. The maximum atomic E-state index is 13.4. The van der Waals surface area contributed by atoms with Crippen molar-refractivity contribution in [1.82, 2.24) is 14.5 Å². The molecule has 0 aliphatic rings. The highest BCUT2D eigenvalue weighted by Gasteiger charge is 2.30. The Labute approximate surface area is 214 Å². The summed E-state index contributed by atoms with van der Waals surface area (Å²) in [4.78, 5) is 27.9. The van der Waals surface area contributed by atoms with Crippen molar-refractivity contribution in [2.45, 2.75) is 50.6 Å². The van der Waals surface area contributed by atoms with Gasteiger partial charge in [-0.3, -0.25) is 9.59 Å². The van der Waals surface area contributed by atoms with E-state index in [4.69, 9.17) is 0 Å². The lowest BCUT2D eigenvalue weighted by Gasteiger charge is -2.31. The zero-order chi connectivity index (χ0) is 26.3. The second-order valence-corrected chi connectivity index (χ2v) is 11.1. The van der Waals surface area contributed by atoms with Crippen LogP contribution in [0.1, 0.15) is 32.8 Å². The fourth-order valence-electron chi connectivity index (χ4n) is 3.91. The highest BCUT2D eigenvalue weighted by molar-refractivity contribution is 7.89. The molecule has 1 N–H and O–H groups in total. The number of carbonyl (C=O) groups is 2.